The molecule has 0 N–H and O–H groups in total. The predicted molar refractivity (Wildman–Crippen MR) is 80.1 cm³/mol. The van der Waals surface area contributed by atoms with Crippen LogP contribution >= 0.6 is 0 Å². The molecule has 0 aromatic heterocycles. The molecule has 0 amide bonds. The van der Waals surface area contributed by atoms with E-state index in [1.54, 1.807) is 12.1 Å². The van der Waals surface area contributed by atoms with Gasteiger partial charge in [0.25, 0.3) is 5.43 Å². The largest absolute Gasteiger partial charge is 0.285 e. The summed E-state index contributed by atoms with van der Waals surface area (Å²) in [5.74, 6) is 0. The first-order valence-corrected chi connectivity index (χ1v) is 6.25. The maximum absolute atomic E-state index is 11.7. The Kier molecular flexibility index (Phi) is 1.99. The molecule has 0 fully saturated rings. The summed E-state index contributed by atoms with van der Waals surface area (Å²) in [6.07, 6.45) is 0. The molecule has 0 unspecified atom stereocenters. The van der Waals surface area contributed by atoms with E-state index in [1.165, 1.54) is 0 Å². The molecule has 0 heterocycles. The summed E-state index contributed by atoms with van der Waals surface area (Å²) in [7, 11) is 0. The molecule has 0 atom stereocenters. The standard InChI is InChI=1S/C17H8O3/c18-15-13-7-11-5-9-3-1-2-4-10(9)6-12(11)8-14(13)16(19)17(15)20/h1-8H. The molecule has 0 saturated heterocycles. The van der Waals surface area contributed by atoms with E-state index >= 15 is 0 Å². The Morgan fingerprint density at radius 1 is 0.500 bits per heavy atom. The van der Waals surface area contributed by atoms with Crippen molar-refractivity contribution in [3.05, 3.63) is 79.2 Å². The van der Waals surface area contributed by atoms with Gasteiger partial charge in [0.05, 0.1) is 0 Å². The molecule has 94 valence electrons. The minimum Gasteiger partial charge on any atom is -0.285 e. The average molecular weight is 260 g/mol. The Balaban J connectivity index is 2.30. The quantitative estimate of drug-likeness (QED) is 0.359. The van der Waals surface area contributed by atoms with Crippen LogP contribution < -0.4 is 16.3 Å². The SMILES string of the molecule is O=c1c(=O)c2cc3cc4ccccc4cc3cc2c1=O. The van der Waals surface area contributed by atoms with E-state index in [0.717, 1.165) is 21.5 Å². The molecule has 3 heteroatoms. The zero-order chi connectivity index (χ0) is 13.9. The Morgan fingerprint density at radius 3 is 1.40 bits per heavy atom. The molecule has 4 aromatic carbocycles. The van der Waals surface area contributed by atoms with E-state index in [9.17, 15) is 14.4 Å². The summed E-state index contributed by atoms with van der Waals surface area (Å²) in [4.78, 5) is 35.0. The zero-order valence-electron chi connectivity index (χ0n) is 10.3. The van der Waals surface area contributed by atoms with E-state index in [1.807, 2.05) is 36.4 Å². The van der Waals surface area contributed by atoms with Crippen LogP contribution in [0.2, 0.25) is 0 Å². The molecule has 20 heavy (non-hydrogen) atoms. The summed E-state index contributed by atoms with van der Waals surface area (Å²) >= 11 is 0. The minimum atomic E-state index is -0.931. The Morgan fingerprint density at radius 2 is 0.950 bits per heavy atom. The van der Waals surface area contributed by atoms with Crippen LogP contribution in [0.5, 0.6) is 0 Å². The van der Waals surface area contributed by atoms with Gasteiger partial charge in [0.15, 0.2) is 0 Å². The van der Waals surface area contributed by atoms with Crippen LogP contribution in [-0.2, 0) is 0 Å². The van der Waals surface area contributed by atoms with Crippen LogP contribution in [0.15, 0.2) is 62.9 Å². The third-order valence-corrected chi connectivity index (χ3v) is 3.74. The van der Waals surface area contributed by atoms with Crippen LogP contribution in [0, 0.1) is 0 Å². The fourth-order valence-corrected chi connectivity index (χ4v) is 2.72. The normalized spacial score (nSPS) is 11.6. The van der Waals surface area contributed by atoms with Gasteiger partial charge in [0, 0.05) is 10.8 Å². The lowest BCUT2D eigenvalue weighted by Crippen LogP contribution is -2.29. The second kappa shape index (κ2) is 3.61. The first-order valence-electron chi connectivity index (χ1n) is 6.25. The summed E-state index contributed by atoms with van der Waals surface area (Å²) < 4.78 is 0. The summed E-state index contributed by atoms with van der Waals surface area (Å²) in [5.41, 5.74) is -2.32. The second-order valence-corrected chi connectivity index (χ2v) is 4.93. The fourth-order valence-electron chi connectivity index (χ4n) is 2.72. The van der Waals surface area contributed by atoms with Crippen LogP contribution in [0.3, 0.4) is 0 Å². The van der Waals surface area contributed by atoms with Crippen LogP contribution in [0.1, 0.15) is 0 Å². The third kappa shape index (κ3) is 1.32. The highest BCUT2D eigenvalue weighted by Gasteiger charge is 2.13. The number of rotatable bonds is 0. The maximum Gasteiger partial charge on any atom is 0.273 e. The van der Waals surface area contributed by atoms with E-state index in [4.69, 9.17) is 0 Å². The van der Waals surface area contributed by atoms with E-state index in [-0.39, 0.29) is 10.8 Å². The van der Waals surface area contributed by atoms with Gasteiger partial charge in [-0.05, 0) is 45.8 Å². The molecule has 0 aliphatic carbocycles. The van der Waals surface area contributed by atoms with Crippen molar-refractivity contribution in [2.75, 3.05) is 0 Å². The molecule has 0 bridgehead atoms. The van der Waals surface area contributed by atoms with E-state index in [2.05, 4.69) is 0 Å². The van der Waals surface area contributed by atoms with E-state index in [0.29, 0.717) is 0 Å². The highest BCUT2D eigenvalue weighted by Crippen LogP contribution is 2.24. The van der Waals surface area contributed by atoms with Crippen LogP contribution in [0.25, 0.3) is 32.3 Å². The Bertz CT molecular complexity index is 1060. The van der Waals surface area contributed by atoms with Gasteiger partial charge in [0.2, 0.25) is 10.9 Å². The number of benzene rings is 3. The van der Waals surface area contributed by atoms with Gasteiger partial charge in [-0.2, -0.15) is 0 Å². The summed E-state index contributed by atoms with van der Waals surface area (Å²) in [5, 5.41) is 4.29. The molecular formula is C17H8O3. The Hall–Kier alpha value is -2.81. The van der Waals surface area contributed by atoms with Crippen molar-refractivity contribution >= 4 is 32.3 Å². The average Bonchev–Trinajstić information content (AvgIpc) is 2.68. The van der Waals surface area contributed by atoms with Crippen molar-refractivity contribution in [2.24, 2.45) is 0 Å². The van der Waals surface area contributed by atoms with Crippen molar-refractivity contribution in [1.29, 1.82) is 0 Å². The lowest BCUT2D eigenvalue weighted by Gasteiger charge is -2.02. The fraction of sp³-hybridized carbons (Fsp3) is 0. The van der Waals surface area contributed by atoms with E-state index < -0.39 is 16.3 Å². The molecule has 0 aliphatic heterocycles. The van der Waals surface area contributed by atoms with Gasteiger partial charge < -0.3 is 0 Å². The molecule has 4 aromatic rings. The first-order chi connectivity index (χ1) is 9.65. The highest BCUT2D eigenvalue weighted by atomic mass is 16.2. The van der Waals surface area contributed by atoms with Crippen LogP contribution in [-0.4, -0.2) is 0 Å². The predicted octanol–water partition coefficient (Wildman–Crippen LogP) is 2.10. The van der Waals surface area contributed by atoms with Gasteiger partial charge in [-0.1, -0.05) is 24.3 Å². The smallest absolute Gasteiger partial charge is 0.273 e. The van der Waals surface area contributed by atoms with Crippen molar-refractivity contribution in [1.82, 2.24) is 0 Å². The maximum atomic E-state index is 11.7. The number of fused-ring (bicyclic) bond motifs is 3. The van der Waals surface area contributed by atoms with Crippen molar-refractivity contribution in [3.8, 4) is 0 Å². The molecule has 4 rings (SSSR count). The molecule has 0 spiro atoms. The number of hydrogen-bond acceptors (Lipinski definition) is 3. The lowest BCUT2D eigenvalue weighted by molar-refractivity contribution is 1.56. The van der Waals surface area contributed by atoms with Crippen molar-refractivity contribution < 1.29 is 0 Å². The van der Waals surface area contributed by atoms with Gasteiger partial charge in [-0.25, -0.2) is 0 Å². The molecular weight excluding hydrogens is 252 g/mol. The summed E-state index contributed by atoms with van der Waals surface area (Å²) in [6, 6.07) is 15.1. The first kappa shape index (κ1) is 11.1. The van der Waals surface area contributed by atoms with Crippen molar-refractivity contribution in [2.45, 2.75) is 0 Å². The lowest BCUT2D eigenvalue weighted by atomic mass is 10.0. The molecule has 0 saturated carbocycles. The topological polar surface area (TPSA) is 51.2 Å². The Labute approximate surface area is 112 Å². The van der Waals surface area contributed by atoms with Crippen molar-refractivity contribution in [3.63, 3.8) is 0 Å². The summed E-state index contributed by atoms with van der Waals surface area (Å²) in [6.45, 7) is 0. The molecule has 3 nitrogen and oxygen atoms in total. The third-order valence-electron chi connectivity index (χ3n) is 3.74. The highest BCUT2D eigenvalue weighted by molar-refractivity contribution is 6.04. The molecule has 0 radical (unpaired) electrons. The zero-order valence-corrected chi connectivity index (χ0v) is 10.3. The monoisotopic (exact) mass is 260 g/mol. The second-order valence-electron chi connectivity index (χ2n) is 4.93. The van der Waals surface area contributed by atoms with Gasteiger partial charge in [-0.3, -0.25) is 14.4 Å². The number of hydrogen-bond donors (Lipinski definition) is 0. The minimum absolute atomic E-state index is 0.225. The molecule has 0 aliphatic rings. The van der Waals surface area contributed by atoms with Crippen LogP contribution in [0.4, 0.5) is 0 Å². The van der Waals surface area contributed by atoms with Gasteiger partial charge >= 0.3 is 0 Å². The van der Waals surface area contributed by atoms with Gasteiger partial charge in [-0.15, -0.1) is 0 Å². The van der Waals surface area contributed by atoms with Gasteiger partial charge in [0.1, 0.15) is 0 Å².